The summed E-state index contributed by atoms with van der Waals surface area (Å²) >= 11 is 6.69. The summed E-state index contributed by atoms with van der Waals surface area (Å²) in [6.07, 6.45) is 1.65. The molecule has 2 aromatic heterocycles. The number of aromatic amines is 1. The maximum absolute atomic E-state index is 13.6. The second-order valence-electron chi connectivity index (χ2n) is 14.5. The first-order valence-electron chi connectivity index (χ1n) is 18.3. The van der Waals surface area contributed by atoms with Crippen LogP contribution in [0.1, 0.15) is 55.6 Å². The van der Waals surface area contributed by atoms with Crippen molar-refractivity contribution in [2.24, 2.45) is 7.05 Å². The van der Waals surface area contributed by atoms with Crippen LogP contribution >= 0.6 is 11.6 Å². The lowest BCUT2D eigenvalue weighted by Gasteiger charge is -2.40. The molecule has 13 nitrogen and oxygen atoms in total. The number of aryl methyl sites for hydroxylation is 1. The second kappa shape index (κ2) is 15.6. The third-order valence-corrected chi connectivity index (χ3v) is 11.3. The molecule has 2 aromatic carbocycles. The zero-order valence-electron chi connectivity index (χ0n) is 30.4. The fourth-order valence-corrected chi connectivity index (χ4v) is 8.24. The van der Waals surface area contributed by atoms with Gasteiger partial charge in [0.2, 0.25) is 11.8 Å². The van der Waals surface area contributed by atoms with Crippen molar-refractivity contribution >= 4 is 46.0 Å². The van der Waals surface area contributed by atoms with Crippen molar-refractivity contribution < 1.29 is 32.3 Å². The number of amides is 4. The Morgan fingerprint density at radius 1 is 1.04 bits per heavy atom. The number of alkyl halides is 3. The lowest BCUT2D eigenvalue weighted by molar-refractivity contribution is -0.275. The van der Waals surface area contributed by atoms with E-state index >= 15 is 0 Å². The molecule has 4 amide bonds. The molecule has 1 unspecified atom stereocenters. The summed E-state index contributed by atoms with van der Waals surface area (Å²) in [7, 11) is 3.38. The Balaban J connectivity index is 0.930. The monoisotopic (exact) mass is 782 g/mol. The molecule has 1 atom stereocenters. The fourth-order valence-electron chi connectivity index (χ4n) is 7.90. The van der Waals surface area contributed by atoms with Gasteiger partial charge in [0, 0.05) is 92.7 Å². The largest absolute Gasteiger partial charge is 0.573 e. The van der Waals surface area contributed by atoms with Gasteiger partial charge in [0.1, 0.15) is 17.3 Å². The number of anilines is 1. The number of carbonyl (C=O) groups excluding carboxylic acids is 3. The molecule has 5 heterocycles. The number of rotatable bonds is 8. The molecule has 0 bridgehead atoms. The van der Waals surface area contributed by atoms with Gasteiger partial charge in [0.15, 0.2) is 0 Å². The summed E-state index contributed by atoms with van der Waals surface area (Å²) in [6.45, 7) is 2.54. The van der Waals surface area contributed by atoms with Gasteiger partial charge in [-0.1, -0.05) is 29.8 Å². The van der Waals surface area contributed by atoms with E-state index in [-0.39, 0.29) is 59.6 Å². The minimum atomic E-state index is -4.90. The average Bonchev–Trinajstić information content (AvgIpc) is 3.65. The number of halogens is 4. The number of imide groups is 1. The molecule has 3 saturated heterocycles. The van der Waals surface area contributed by atoms with Crippen LogP contribution in [0.4, 0.5) is 23.7 Å². The topological polar surface area (TPSA) is 145 Å². The standard InChI is InChI=1S/C38H42ClF3N8O5/c1-47-21-29(28-19-43-46-34(28)36(47)53)23-3-4-24(32(17-23)55-38(40,41)42)20-49-13-11-26(12-14-49)48(2)37(54)50-15-9-22(10-16-50)27-6-5-25(18-30(27)39)44-31-7-8-33(51)45-35(31)52/h3-6,17-19,21-22,26,31,44H,7-16,20H2,1-2H3,(H,43,46)(H,45,51,52). The summed E-state index contributed by atoms with van der Waals surface area (Å²) in [5.74, 6) is -0.764. The number of hydrogen-bond donors (Lipinski definition) is 3. The van der Waals surface area contributed by atoms with Crippen molar-refractivity contribution in [2.75, 3.05) is 38.5 Å². The first-order chi connectivity index (χ1) is 26.2. The number of benzene rings is 2. The summed E-state index contributed by atoms with van der Waals surface area (Å²) in [6, 6.07) is 9.76. The Hall–Kier alpha value is -5.09. The molecule has 0 spiro atoms. The molecule has 0 radical (unpaired) electrons. The minimum Gasteiger partial charge on any atom is -0.405 e. The van der Waals surface area contributed by atoms with Gasteiger partial charge in [-0.05, 0) is 67.3 Å². The van der Waals surface area contributed by atoms with Crippen molar-refractivity contribution in [1.82, 2.24) is 34.8 Å². The lowest BCUT2D eigenvalue weighted by Crippen LogP contribution is -2.51. The first-order valence-corrected chi connectivity index (χ1v) is 18.7. The maximum atomic E-state index is 13.6. The highest BCUT2D eigenvalue weighted by molar-refractivity contribution is 6.31. The van der Waals surface area contributed by atoms with Gasteiger partial charge in [0.25, 0.3) is 5.56 Å². The number of fused-ring (bicyclic) bond motifs is 1. The van der Waals surface area contributed by atoms with E-state index in [9.17, 15) is 32.3 Å². The number of hydrogen-bond acceptors (Lipinski definition) is 8. The number of piperidine rings is 3. The Morgan fingerprint density at radius 3 is 2.47 bits per heavy atom. The van der Waals surface area contributed by atoms with E-state index in [4.69, 9.17) is 11.6 Å². The number of nitrogens with zero attached hydrogens (tertiary/aromatic N) is 5. The normalized spacial score (nSPS) is 19.1. The van der Waals surface area contributed by atoms with Crippen LogP contribution in [0.5, 0.6) is 5.75 Å². The first kappa shape index (κ1) is 38.2. The average molecular weight is 783 g/mol. The van der Waals surface area contributed by atoms with Crippen molar-refractivity contribution in [2.45, 2.75) is 69.4 Å². The van der Waals surface area contributed by atoms with Crippen LogP contribution in [-0.2, 0) is 23.2 Å². The number of pyridine rings is 1. The number of H-pyrrole nitrogens is 1. The van der Waals surface area contributed by atoms with Gasteiger partial charge in [0.05, 0.1) is 6.20 Å². The molecule has 3 N–H and O–H groups in total. The predicted octanol–water partition coefficient (Wildman–Crippen LogP) is 5.59. The van der Waals surface area contributed by atoms with Gasteiger partial charge in [-0.25, -0.2) is 4.79 Å². The maximum Gasteiger partial charge on any atom is 0.573 e. The highest BCUT2D eigenvalue weighted by Crippen LogP contribution is 2.37. The number of carbonyl (C=O) groups is 3. The summed E-state index contributed by atoms with van der Waals surface area (Å²) < 4.78 is 46.6. The quantitative estimate of drug-likeness (QED) is 0.196. The van der Waals surface area contributed by atoms with Crippen LogP contribution in [0.3, 0.4) is 0 Å². The Morgan fingerprint density at radius 2 is 1.78 bits per heavy atom. The SMILES string of the molecule is CN(C(=O)N1CCC(c2ccc(NC3CCC(=O)NC3=O)cc2Cl)CC1)C1CCN(Cc2ccc(-c3cn(C)c(=O)c4[nH]ncc34)cc2OC(F)(F)F)CC1. The number of likely N-dealkylation sites (tertiary alicyclic amines) is 2. The molecule has 0 saturated carbocycles. The van der Waals surface area contributed by atoms with Gasteiger partial charge in [-0.15, -0.1) is 13.2 Å². The molecule has 3 aliphatic heterocycles. The molecule has 292 valence electrons. The van der Waals surface area contributed by atoms with Gasteiger partial charge >= 0.3 is 12.4 Å². The van der Waals surface area contributed by atoms with Crippen LogP contribution < -0.4 is 20.9 Å². The molecule has 3 fully saturated rings. The molecule has 4 aromatic rings. The van der Waals surface area contributed by atoms with Crippen LogP contribution in [0.15, 0.2) is 53.6 Å². The van der Waals surface area contributed by atoms with E-state index in [1.54, 1.807) is 36.3 Å². The highest BCUT2D eigenvalue weighted by atomic mass is 35.5. The summed E-state index contributed by atoms with van der Waals surface area (Å²) in [4.78, 5) is 55.4. The Labute approximate surface area is 319 Å². The summed E-state index contributed by atoms with van der Waals surface area (Å²) in [5.41, 5.74) is 3.02. The molecule has 3 aliphatic rings. The molecular weight excluding hydrogens is 741 g/mol. The predicted molar refractivity (Wildman–Crippen MR) is 200 cm³/mol. The molecular formula is C38H42ClF3N8O5. The van der Waals surface area contributed by atoms with Gasteiger partial charge < -0.3 is 24.4 Å². The van der Waals surface area contributed by atoms with Crippen LogP contribution in [0, 0.1) is 0 Å². The van der Waals surface area contributed by atoms with Crippen molar-refractivity contribution in [3.8, 4) is 16.9 Å². The van der Waals surface area contributed by atoms with Crippen LogP contribution in [0.25, 0.3) is 22.0 Å². The van der Waals surface area contributed by atoms with Crippen molar-refractivity contribution in [1.29, 1.82) is 0 Å². The lowest BCUT2D eigenvalue weighted by atomic mass is 9.89. The smallest absolute Gasteiger partial charge is 0.405 e. The zero-order valence-corrected chi connectivity index (χ0v) is 31.2. The second-order valence-corrected chi connectivity index (χ2v) is 14.9. The number of ether oxygens (including phenoxy) is 1. The minimum absolute atomic E-state index is 0.0179. The van der Waals surface area contributed by atoms with E-state index in [0.717, 1.165) is 18.4 Å². The molecule has 7 rings (SSSR count). The third kappa shape index (κ3) is 8.44. The third-order valence-electron chi connectivity index (χ3n) is 11.0. The van der Waals surface area contributed by atoms with E-state index in [1.807, 2.05) is 24.1 Å². The Bertz CT molecular complexity index is 2160. The molecule has 17 heteroatoms. The van der Waals surface area contributed by atoms with Crippen LogP contribution in [0.2, 0.25) is 5.02 Å². The van der Waals surface area contributed by atoms with Crippen LogP contribution in [-0.4, -0.2) is 99.0 Å². The fraction of sp³-hybridized carbons (Fsp3) is 0.447. The summed E-state index contributed by atoms with van der Waals surface area (Å²) in [5, 5.41) is 13.2. The number of urea groups is 1. The van der Waals surface area contributed by atoms with E-state index < -0.39 is 12.4 Å². The zero-order chi connectivity index (χ0) is 39.0. The van der Waals surface area contributed by atoms with E-state index in [1.165, 1.54) is 16.8 Å². The Kier molecular flexibility index (Phi) is 10.8. The molecule has 0 aliphatic carbocycles. The van der Waals surface area contributed by atoms with E-state index in [2.05, 4.69) is 30.5 Å². The number of nitrogens with one attached hydrogen (secondary N) is 3. The number of aromatic nitrogens is 3. The van der Waals surface area contributed by atoms with Crippen molar-refractivity contribution in [3.05, 3.63) is 75.3 Å². The molecule has 55 heavy (non-hydrogen) atoms. The van der Waals surface area contributed by atoms with Gasteiger partial charge in [-0.3, -0.25) is 29.7 Å². The van der Waals surface area contributed by atoms with E-state index in [0.29, 0.717) is 78.2 Å². The van der Waals surface area contributed by atoms with Crippen molar-refractivity contribution in [3.63, 3.8) is 0 Å². The highest BCUT2D eigenvalue weighted by Gasteiger charge is 2.34. The van der Waals surface area contributed by atoms with Gasteiger partial charge in [-0.2, -0.15) is 5.10 Å².